The molecule has 0 N–H and O–H groups in total. The summed E-state index contributed by atoms with van der Waals surface area (Å²) in [7, 11) is 2.90. The molecule has 1 unspecified atom stereocenters. The molecule has 8 heteroatoms. The van der Waals surface area contributed by atoms with Crippen molar-refractivity contribution in [2.75, 3.05) is 12.0 Å². The third-order valence-electron chi connectivity index (χ3n) is 3.01. The molecular formula is C11H14N4O4. The number of ether oxygens (including phenoxy) is 2. The van der Waals surface area contributed by atoms with Crippen LogP contribution in [-0.2, 0) is 21.3 Å². The standard InChI is InChI=1S/C11H14N4O4/c1-6-7(2)9(19-11(17)18-4)15(8(6)16)10-13-12-5-14(10)3/h5,9H,1-4H3. The Balaban J connectivity index is 2.39. The van der Waals surface area contributed by atoms with Crippen LogP contribution < -0.4 is 4.90 Å². The van der Waals surface area contributed by atoms with Gasteiger partial charge in [0.25, 0.3) is 5.91 Å². The SMILES string of the molecule is COC(=O)OC1C(C)=C(C)C(=O)N1c1nncn1C. The predicted octanol–water partition coefficient (Wildman–Crippen LogP) is 0.607. The van der Waals surface area contributed by atoms with Gasteiger partial charge in [-0.3, -0.25) is 4.79 Å². The molecule has 1 aliphatic heterocycles. The highest BCUT2D eigenvalue weighted by Crippen LogP contribution is 2.30. The summed E-state index contributed by atoms with van der Waals surface area (Å²) in [5, 5.41) is 7.57. The number of anilines is 1. The van der Waals surface area contributed by atoms with E-state index >= 15 is 0 Å². The van der Waals surface area contributed by atoms with E-state index in [1.54, 1.807) is 25.5 Å². The van der Waals surface area contributed by atoms with Gasteiger partial charge in [0.1, 0.15) is 6.33 Å². The Bertz CT molecular complexity index is 563. The summed E-state index contributed by atoms with van der Waals surface area (Å²) in [5.74, 6) is 0.0256. The maximum Gasteiger partial charge on any atom is 0.510 e. The summed E-state index contributed by atoms with van der Waals surface area (Å²) < 4.78 is 11.1. The number of hydrogen-bond acceptors (Lipinski definition) is 6. The molecule has 19 heavy (non-hydrogen) atoms. The molecule has 0 aliphatic carbocycles. The zero-order valence-corrected chi connectivity index (χ0v) is 11.1. The molecule has 102 valence electrons. The van der Waals surface area contributed by atoms with Gasteiger partial charge in [0.2, 0.25) is 12.2 Å². The van der Waals surface area contributed by atoms with Crippen molar-refractivity contribution in [1.82, 2.24) is 14.8 Å². The Morgan fingerprint density at radius 1 is 1.42 bits per heavy atom. The second-order valence-electron chi connectivity index (χ2n) is 4.15. The Kier molecular flexibility index (Phi) is 3.24. The quantitative estimate of drug-likeness (QED) is 0.729. The van der Waals surface area contributed by atoms with Gasteiger partial charge in [-0.05, 0) is 19.4 Å². The van der Waals surface area contributed by atoms with Crippen LogP contribution in [0.1, 0.15) is 13.8 Å². The van der Waals surface area contributed by atoms with E-state index in [9.17, 15) is 9.59 Å². The third-order valence-corrected chi connectivity index (χ3v) is 3.01. The molecule has 1 atom stereocenters. The molecule has 2 heterocycles. The lowest BCUT2D eigenvalue weighted by Gasteiger charge is -2.23. The minimum atomic E-state index is -0.862. The fourth-order valence-corrected chi connectivity index (χ4v) is 1.81. The van der Waals surface area contributed by atoms with Gasteiger partial charge in [-0.15, -0.1) is 10.2 Å². The van der Waals surface area contributed by atoms with E-state index < -0.39 is 12.4 Å². The highest BCUT2D eigenvalue weighted by molar-refractivity contribution is 6.08. The van der Waals surface area contributed by atoms with E-state index in [1.165, 1.54) is 18.3 Å². The summed E-state index contributed by atoms with van der Waals surface area (Å²) >= 11 is 0. The van der Waals surface area contributed by atoms with Crippen molar-refractivity contribution in [2.45, 2.75) is 20.1 Å². The van der Waals surface area contributed by atoms with Gasteiger partial charge in [0.15, 0.2) is 0 Å². The number of carbonyl (C=O) groups excluding carboxylic acids is 2. The van der Waals surface area contributed by atoms with Gasteiger partial charge in [0, 0.05) is 12.6 Å². The lowest BCUT2D eigenvalue weighted by atomic mass is 10.2. The van der Waals surface area contributed by atoms with Gasteiger partial charge >= 0.3 is 6.16 Å². The third kappa shape index (κ3) is 2.05. The second kappa shape index (κ2) is 4.71. The van der Waals surface area contributed by atoms with Crippen molar-refractivity contribution >= 4 is 18.0 Å². The molecule has 1 aromatic heterocycles. The first-order valence-electron chi connectivity index (χ1n) is 5.57. The molecule has 0 aromatic carbocycles. The smallest absolute Gasteiger partial charge is 0.438 e. The van der Waals surface area contributed by atoms with Crippen LogP contribution >= 0.6 is 0 Å². The Labute approximate surface area is 109 Å². The molecule has 0 spiro atoms. The number of aromatic nitrogens is 3. The highest BCUT2D eigenvalue weighted by atomic mass is 16.7. The number of aryl methyl sites for hydroxylation is 1. The van der Waals surface area contributed by atoms with Gasteiger partial charge in [0.05, 0.1) is 7.11 Å². The van der Waals surface area contributed by atoms with Crippen LogP contribution in [0.15, 0.2) is 17.5 Å². The molecule has 8 nitrogen and oxygen atoms in total. The van der Waals surface area contributed by atoms with Crippen molar-refractivity contribution in [3.63, 3.8) is 0 Å². The van der Waals surface area contributed by atoms with Crippen molar-refractivity contribution in [2.24, 2.45) is 7.05 Å². The van der Waals surface area contributed by atoms with Crippen molar-refractivity contribution < 1.29 is 19.1 Å². The van der Waals surface area contributed by atoms with Crippen LogP contribution in [0.5, 0.6) is 0 Å². The summed E-state index contributed by atoms with van der Waals surface area (Å²) in [4.78, 5) is 24.8. The van der Waals surface area contributed by atoms with Crippen LogP contribution in [0.3, 0.4) is 0 Å². The first kappa shape index (κ1) is 13.1. The molecule has 2 rings (SSSR count). The second-order valence-corrected chi connectivity index (χ2v) is 4.15. The fraction of sp³-hybridized carbons (Fsp3) is 0.455. The molecule has 0 fully saturated rings. The normalized spacial score (nSPS) is 19.1. The topological polar surface area (TPSA) is 86.6 Å². The molecule has 0 bridgehead atoms. The van der Waals surface area contributed by atoms with Crippen LogP contribution in [0, 0.1) is 0 Å². The number of methoxy groups -OCH3 is 1. The van der Waals surface area contributed by atoms with Crippen molar-refractivity contribution in [3.8, 4) is 0 Å². The van der Waals surface area contributed by atoms with Crippen LogP contribution in [-0.4, -0.2) is 40.2 Å². The summed E-state index contributed by atoms with van der Waals surface area (Å²) in [6.45, 7) is 3.39. The van der Waals surface area contributed by atoms with Gasteiger partial charge < -0.3 is 14.0 Å². The lowest BCUT2D eigenvalue weighted by Crippen LogP contribution is -2.40. The first-order valence-corrected chi connectivity index (χ1v) is 5.57. The van der Waals surface area contributed by atoms with Crippen LogP contribution in [0.2, 0.25) is 0 Å². The summed E-state index contributed by atoms with van der Waals surface area (Å²) in [6, 6.07) is 0. The molecule has 1 aliphatic rings. The minimum Gasteiger partial charge on any atom is -0.438 e. The monoisotopic (exact) mass is 266 g/mol. The zero-order chi connectivity index (χ0) is 14.2. The average molecular weight is 266 g/mol. The van der Waals surface area contributed by atoms with Crippen molar-refractivity contribution in [1.29, 1.82) is 0 Å². The predicted molar refractivity (Wildman–Crippen MR) is 64.1 cm³/mol. The minimum absolute atomic E-state index is 0.275. The summed E-state index contributed by atoms with van der Waals surface area (Å²) in [5.41, 5.74) is 1.15. The molecule has 0 radical (unpaired) electrons. The van der Waals surface area contributed by atoms with E-state index in [4.69, 9.17) is 4.74 Å². The Hall–Kier alpha value is -2.38. The van der Waals surface area contributed by atoms with Crippen LogP contribution in [0.4, 0.5) is 10.7 Å². The maximum atomic E-state index is 12.2. The molecule has 0 saturated carbocycles. The van der Waals surface area contributed by atoms with E-state index in [0.717, 1.165) is 0 Å². The molecule has 1 aromatic rings. The number of hydrogen-bond donors (Lipinski definition) is 0. The largest absolute Gasteiger partial charge is 0.510 e. The highest BCUT2D eigenvalue weighted by Gasteiger charge is 2.41. The molecular weight excluding hydrogens is 252 g/mol. The van der Waals surface area contributed by atoms with E-state index in [0.29, 0.717) is 17.1 Å². The van der Waals surface area contributed by atoms with Gasteiger partial charge in [-0.25, -0.2) is 9.69 Å². The Morgan fingerprint density at radius 3 is 2.63 bits per heavy atom. The number of amides is 1. The van der Waals surface area contributed by atoms with Crippen molar-refractivity contribution in [3.05, 3.63) is 17.5 Å². The van der Waals surface area contributed by atoms with Gasteiger partial charge in [-0.1, -0.05) is 0 Å². The van der Waals surface area contributed by atoms with E-state index in [-0.39, 0.29) is 5.91 Å². The summed E-state index contributed by atoms with van der Waals surface area (Å²) in [6.07, 6.45) is -0.261. The lowest BCUT2D eigenvalue weighted by molar-refractivity contribution is -0.115. The number of carbonyl (C=O) groups is 2. The van der Waals surface area contributed by atoms with Gasteiger partial charge in [-0.2, -0.15) is 0 Å². The number of rotatable bonds is 2. The van der Waals surface area contributed by atoms with E-state index in [2.05, 4.69) is 14.9 Å². The first-order chi connectivity index (χ1) is 8.97. The average Bonchev–Trinajstić information content (AvgIpc) is 2.88. The maximum absolute atomic E-state index is 12.2. The molecule has 0 saturated heterocycles. The van der Waals surface area contributed by atoms with Crippen LogP contribution in [0.25, 0.3) is 0 Å². The van der Waals surface area contributed by atoms with E-state index in [1.807, 2.05) is 0 Å². The molecule has 1 amide bonds. The zero-order valence-electron chi connectivity index (χ0n) is 11.1. The number of nitrogens with zero attached hydrogens (tertiary/aromatic N) is 4. The Morgan fingerprint density at radius 2 is 2.11 bits per heavy atom. The fourth-order valence-electron chi connectivity index (χ4n) is 1.81.